The van der Waals surface area contributed by atoms with Crippen LogP contribution >= 0.6 is 21.6 Å². The molecule has 1 saturated heterocycles. The lowest BCUT2D eigenvalue weighted by molar-refractivity contribution is -0.156. The second-order valence-corrected chi connectivity index (χ2v) is 10.0. The van der Waals surface area contributed by atoms with Crippen LogP contribution in [0.15, 0.2) is 0 Å². The first-order valence-electron chi connectivity index (χ1n) is 9.18. The standard InChI is InChI=1S/C18H33NO4S2/c1-5-19(14-17(21)23-18(2,3)4)11-12-22-16(20)9-7-6-8-15-10-13-24-25-15/h15H,5-14H2,1-4H3. The van der Waals surface area contributed by atoms with Gasteiger partial charge in [-0.2, -0.15) is 0 Å². The molecule has 25 heavy (non-hydrogen) atoms. The number of unbranched alkanes of at least 4 members (excludes halogenated alkanes) is 1. The molecule has 1 fully saturated rings. The normalized spacial score (nSPS) is 17.7. The lowest BCUT2D eigenvalue weighted by Crippen LogP contribution is -2.36. The molecule has 1 aliphatic rings. The van der Waals surface area contributed by atoms with E-state index in [0.29, 0.717) is 26.1 Å². The molecule has 1 unspecified atom stereocenters. The van der Waals surface area contributed by atoms with E-state index in [4.69, 9.17) is 9.47 Å². The summed E-state index contributed by atoms with van der Waals surface area (Å²) in [6.45, 7) is 9.36. The Morgan fingerprint density at radius 2 is 1.96 bits per heavy atom. The maximum atomic E-state index is 11.8. The predicted molar refractivity (Wildman–Crippen MR) is 106 cm³/mol. The smallest absolute Gasteiger partial charge is 0.320 e. The van der Waals surface area contributed by atoms with Gasteiger partial charge in [0.25, 0.3) is 0 Å². The first kappa shape index (κ1) is 22.6. The zero-order valence-corrected chi connectivity index (χ0v) is 17.7. The average Bonchev–Trinajstić information content (AvgIpc) is 3.02. The van der Waals surface area contributed by atoms with Crippen LogP contribution < -0.4 is 0 Å². The van der Waals surface area contributed by atoms with Gasteiger partial charge in [-0.1, -0.05) is 34.9 Å². The van der Waals surface area contributed by atoms with E-state index in [0.717, 1.165) is 18.1 Å². The largest absolute Gasteiger partial charge is 0.464 e. The van der Waals surface area contributed by atoms with Crippen LogP contribution in [0.25, 0.3) is 0 Å². The van der Waals surface area contributed by atoms with Gasteiger partial charge in [-0.05, 0) is 46.6 Å². The van der Waals surface area contributed by atoms with Gasteiger partial charge < -0.3 is 9.47 Å². The topological polar surface area (TPSA) is 55.8 Å². The molecule has 0 aromatic rings. The molecule has 0 saturated carbocycles. The number of esters is 2. The highest BCUT2D eigenvalue weighted by molar-refractivity contribution is 8.77. The van der Waals surface area contributed by atoms with Gasteiger partial charge in [-0.3, -0.25) is 14.5 Å². The van der Waals surface area contributed by atoms with Crippen molar-refractivity contribution in [2.75, 3.05) is 32.0 Å². The third-order valence-corrected chi connectivity index (χ3v) is 6.78. The van der Waals surface area contributed by atoms with Crippen molar-refractivity contribution in [1.29, 1.82) is 0 Å². The van der Waals surface area contributed by atoms with Crippen LogP contribution in [0.4, 0.5) is 0 Å². The van der Waals surface area contributed by atoms with Crippen LogP contribution in [0.3, 0.4) is 0 Å². The van der Waals surface area contributed by atoms with Gasteiger partial charge in [0.1, 0.15) is 12.2 Å². The highest BCUT2D eigenvalue weighted by Crippen LogP contribution is 2.39. The minimum atomic E-state index is -0.474. The Kier molecular flexibility index (Phi) is 10.9. The molecule has 0 radical (unpaired) electrons. The SMILES string of the molecule is CCN(CCOC(=O)CCCCC1CCSS1)CC(=O)OC(C)(C)C. The predicted octanol–water partition coefficient (Wildman–Crippen LogP) is 3.91. The molecule has 5 nitrogen and oxygen atoms in total. The number of carbonyl (C=O) groups is 2. The van der Waals surface area contributed by atoms with Crippen LogP contribution in [0.5, 0.6) is 0 Å². The lowest BCUT2D eigenvalue weighted by atomic mass is 10.1. The zero-order valence-electron chi connectivity index (χ0n) is 16.0. The van der Waals surface area contributed by atoms with E-state index in [-0.39, 0.29) is 18.5 Å². The fraction of sp³-hybridized carbons (Fsp3) is 0.889. The highest BCUT2D eigenvalue weighted by Gasteiger charge is 2.19. The van der Waals surface area contributed by atoms with Crippen molar-refractivity contribution in [3.05, 3.63) is 0 Å². The van der Waals surface area contributed by atoms with Crippen LogP contribution in [0.1, 0.15) is 59.8 Å². The molecule has 0 aromatic heterocycles. The third kappa shape index (κ3) is 11.8. The first-order chi connectivity index (χ1) is 11.8. The maximum absolute atomic E-state index is 11.8. The van der Waals surface area contributed by atoms with E-state index in [2.05, 4.69) is 0 Å². The Morgan fingerprint density at radius 1 is 1.20 bits per heavy atom. The van der Waals surface area contributed by atoms with E-state index in [1.807, 2.05) is 54.2 Å². The number of carbonyl (C=O) groups excluding carboxylic acids is 2. The number of rotatable bonds is 11. The van der Waals surface area contributed by atoms with Gasteiger partial charge in [0, 0.05) is 24.0 Å². The quantitative estimate of drug-likeness (QED) is 0.301. The van der Waals surface area contributed by atoms with Crippen molar-refractivity contribution >= 4 is 33.5 Å². The molecule has 0 spiro atoms. The van der Waals surface area contributed by atoms with E-state index < -0.39 is 5.60 Å². The van der Waals surface area contributed by atoms with Crippen LogP contribution in [0.2, 0.25) is 0 Å². The Hall–Kier alpha value is -0.400. The van der Waals surface area contributed by atoms with Crippen LogP contribution in [-0.2, 0) is 19.1 Å². The summed E-state index contributed by atoms with van der Waals surface area (Å²) in [5.41, 5.74) is -0.474. The van der Waals surface area contributed by atoms with E-state index >= 15 is 0 Å². The molecule has 146 valence electrons. The number of ether oxygens (including phenoxy) is 2. The molecule has 7 heteroatoms. The van der Waals surface area contributed by atoms with E-state index in [1.165, 1.54) is 18.6 Å². The Bertz CT molecular complexity index is 406. The Labute approximate surface area is 160 Å². The number of hydrogen-bond donors (Lipinski definition) is 0. The maximum Gasteiger partial charge on any atom is 0.320 e. The van der Waals surface area contributed by atoms with Gasteiger partial charge in [-0.25, -0.2) is 0 Å². The first-order valence-corrected chi connectivity index (χ1v) is 11.6. The minimum Gasteiger partial charge on any atom is -0.464 e. The summed E-state index contributed by atoms with van der Waals surface area (Å²) in [6, 6.07) is 0. The zero-order chi connectivity index (χ0) is 18.7. The molecular weight excluding hydrogens is 358 g/mol. The highest BCUT2D eigenvalue weighted by atomic mass is 33.1. The van der Waals surface area contributed by atoms with Crippen molar-refractivity contribution in [2.45, 2.75) is 70.7 Å². The summed E-state index contributed by atoms with van der Waals surface area (Å²) in [4.78, 5) is 25.5. The molecule has 1 atom stereocenters. The van der Waals surface area contributed by atoms with Crippen molar-refractivity contribution in [2.24, 2.45) is 0 Å². The average molecular weight is 392 g/mol. The fourth-order valence-corrected chi connectivity index (χ4v) is 5.50. The van der Waals surface area contributed by atoms with Gasteiger partial charge in [0.05, 0.1) is 6.54 Å². The molecule has 0 bridgehead atoms. The number of hydrogen-bond acceptors (Lipinski definition) is 7. The Balaban J connectivity index is 2.08. The van der Waals surface area contributed by atoms with Crippen molar-refractivity contribution in [3.8, 4) is 0 Å². The fourth-order valence-electron chi connectivity index (χ4n) is 2.47. The van der Waals surface area contributed by atoms with Crippen molar-refractivity contribution in [3.63, 3.8) is 0 Å². The summed E-state index contributed by atoms with van der Waals surface area (Å²) in [5, 5.41) is 0.770. The number of likely N-dealkylation sites (N-methyl/N-ethyl adjacent to an activating group) is 1. The van der Waals surface area contributed by atoms with Gasteiger partial charge >= 0.3 is 11.9 Å². The van der Waals surface area contributed by atoms with Gasteiger partial charge in [-0.15, -0.1) is 0 Å². The summed E-state index contributed by atoms with van der Waals surface area (Å²) < 4.78 is 10.6. The van der Waals surface area contributed by atoms with E-state index in [9.17, 15) is 9.59 Å². The molecular formula is C18H33NO4S2. The van der Waals surface area contributed by atoms with Gasteiger partial charge in [0.2, 0.25) is 0 Å². The van der Waals surface area contributed by atoms with E-state index in [1.54, 1.807) is 0 Å². The summed E-state index contributed by atoms with van der Waals surface area (Å²) in [7, 11) is 3.94. The second-order valence-electron chi connectivity index (χ2n) is 7.25. The van der Waals surface area contributed by atoms with Gasteiger partial charge in [0.15, 0.2) is 0 Å². The van der Waals surface area contributed by atoms with Crippen LogP contribution in [-0.4, -0.2) is 59.7 Å². The molecule has 0 aromatic carbocycles. The summed E-state index contributed by atoms with van der Waals surface area (Å²) in [6.07, 6.45) is 4.97. The summed E-state index contributed by atoms with van der Waals surface area (Å²) in [5.74, 6) is 0.875. The number of nitrogens with zero attached hydrogens (tertiary/aromatic N) is 1. The third-order valence-electron chi connectivity index (χ3n) is 3.77. The van der Waals surface area contributed by atoms with Crippen molar-refractivity contribution < 1.29 is 19.1 Å². The second kappa shape index (κ2) is 12.1. The minimum absolute atomic E-state index is 0.137. The molecule has 0 N–H and O–H groups in total. The molecule has 1 heterocycles. The lowest BCUT2D eigenvalue weighted by Gasteiger charge is -2.23. The van der Waals surface area contributed by atoms with Crippen molar-refractivity contribution in [1.82, 2.24) is 4.90 Å². The molecule has 0 aliphatic carbocycles. The Morgan fingerprint density at radius 3 is 2.56 bits per heavy atom. The molecule has 1 rings (SSSR count). The molecule has 0 amide bonds. The van der Waals surface area contributed by atoms with Crippen LogP contribution in [0, 0.1) is 0 Å². The monoisotopic (exact) mass is 391 g/mol. The molecule has 1 aliphatic heterocycles. The summed E-state index contributed by atoms with van der Waals surface area (Å²) >= 11 is 0.